The molecule has 0 aliphatic rings. The lowest BCUT2D eigenvalue weighted by Crippen LogP contribution is -1.99. The van der Waals surface area contributed by atoms with Crippen LogP contribution in [0.5, 0.6) is 0 Å². The van der Waals surface area contributed by atoms with Crippen molar-refractivity contribution in [3.8, 4) is 0 Å². The SMILES string of the molecule is CC(C)CC(=O)O.Clc1ccccc1. The van der Waals surface area contributed by atoms with Gasteiger partial charge in [0.25, 0.3) is 0 Å². The van der Waals surface area contributed by atoms with Gasteiger partial charge in [-0.25, -0.2) is 0 Å². The summed E-state index contributed by atoms with van der Waals surface area (Å²) < 4.78 is 0. The Kier molecular flexibility index (Phi) is 6.85. The summed E-state index contributed by atoms with van der Waals surface area (Å²) in [5.74, 6) is -0.438. The van der Waals surface area contributed by atoms with Crippen LogP contribution in [-0.2, 0) is 4.79 Å². The lowest BCUT2D eigenvalue weighted by Gasteiger charge is -1.94. The largest absolute Gasteiger partial charge is 0.481 e. The van der Waals surface area contributed by atoms with Crippen molar-refractivity contribution in [1.82, 2.24) is 0 Å². The van der Waals surface area contributed by atoms with E-state index in [0.29, 0.717) is 0 Å². The smallest absolute Gasteiger partial charge is 0.303 e. The number of carboxylic acids is 1. The maximum absolute atomic E-state index is 9.81. The summed E-state index contributed by atoms with van der Waals surface area (Å²) in [6.45, 7) is 3.77. The van der Waals surface area contributed by atoms with Crippen molar-refractivity contribution < 1.29 is 9.90 Å². The van der Waals surface area contributed by atoms with Gasteiger partial charge in [0.1, 0.15) is 0 Å². The highest BCUT2D eigenvalue weighted by molar-refractivity contribution is 6.30. The molecular formula is C11H15ClO2. The van der Waals surface area contributed by atoms with Gasteiger partial charge in [-0.15, -0.1) is 0 Å². The first-order chi connectivity index (χ1) is 6.52. The van der Waals surface area contributed by atoms with Crippen molar-refractivity contribution in [2.24, 2.45) is 5.92 Å². The van der Waals surface area contributed by atoms with Crippen LogP contribution < -0.4 is 0 Å². The van der Waals surface area contributed by atoms with Crippen LogP contribution in [0.4, 0.5) is 0 Å². The molecule has 0 atom stereocenters. The Labute approximate surface area is 89.5 Å². The van der Waals surface area contributed by atoms with Crippen LogP contribution in [0.3, 0.4) is 0 Å². The fraction of sp³-hybridized carbons (Fsp3) is 0.364. The van der Waals surface area contributed by atoms with Gasteiger partial charge in [-0.2, -0.15) is 0 Å². The molecule has 0 bridgehead atoms. The molecule has 0 aliphatic heterocycles. The van der Waals surface area contributed by atoms with E-state index >= 15 is 0 Å². The van der Waals surface area contributed by atoms with Crippen molar-refractivity contribution in [1.29, 1.82) is 0 Å². The van der Waals surface area contributed by atoms with Gasteiger partial charge in [-0.3, -0.25) is 4.79 Å². The van der Waals surface area contributed by atoms with Gasteiger partial charge in [0.05, 0.1) is 0 Å². The molecule has 0 aliphatic carbocycles. The highest BCUT2D eigenvalue weighted by Crippen LogP contribution is 2.03. The number of benzene rings is 1. The molecule has 1 rings (SSSR count). The summed E-state index contributed by atoms with van der Waals surface area (Å²) in [5, 5.41) is 8.88. The average molecular weight is 215 g/mol. The molecule has 0 heterocycles. The fourth-order valence-corrected chi connectivity index (χ4v) is 0.909. The second-order valence-corrected chi connectivity index (χ2v) is 3.72. The van der Waals surface area contributed by atoms with Crippen LogP contribution >= 0.6 is 11.6 Å². The summed E-state index contributed by atoms with van der Waals surface area (Å²) >= 11 is 5.54. The summed E-state index contributed by atoms with van der Waals surface area (Å²) in [5.41, 5.74) is 0. The van der Waals surface area contributed by atoms with E-state index in [1.165, 1.54) is 0 Å². The topological polar surface area (TPSA) is 37.3 Å². The maximum Gasteiger partial charge on any atom is 0.303 e. The Balaban J connectivity index is 0.000000241. The minimum absolute atomic E-state index is 0.275. The van der Waals surface area contributed by atoms with Crippen molar-refractivity contribution in [3.05, 3.63) is 35.4 Å². The van der Waals surface area contributed by atoms with E-state index in [0.717, 1.165) is 5.02 Å². The molecular weight excluding hydrogens is 200 g/mol. The molecule has 78 valence electrons. The predicted molar refractivity (Wildman–Crippen MR) is 58.5 cm³/mol. The standard InChI is InChI=1S/C6H5Cl.C5H10O2/c7-6-4-2-1-3-5-6;1-4(2)3-5(6)7/h1-5H;4H,3H2,1-2H3,(H,6,7). The second-order valence-electron chi connectivity index (χ2n) is 3.29. The van der Waals surface area contributed by atoms with Crippen LogP contribution in [0.15, 0.2) is 30.3 Å². The Morgan fingerprint density at radius 1 is 1.36 bits per heavy atom. The molecule has 1 aromatic carbocycles. The van der Waals surface area contributed by atoms with Gasteiger partial charge in [0.2, 0.25) is 0 Å². The third kappa shape index (κ3) is 9.07. The maximum atomic E-state index is 9.81. The van der Waals surface area contributed by atoms with E-state index in [2.05, 4.69) is 0 Å². The molecule has 0 unspecified atom stereocenters. The Morgan fingerprint density at radius 3 is 2.00 bits per heavy atom. The van der Waals surface area contributed by atoms with Gasteiger partial charge < -0.3 is 5.11 Å². The molecule has 0 amide bonds. The summed E-state index contributed by atoms with van der Waals surface area (Å²) in [7, 11) is 0. The highest BCUT2D eigenvalue weighted by atomic mass is 35.5. The number of hydrogen-bond donors (Lipinski definition) is 1. The van der Waals surface area contributed by atoms with E-state index in [1.54, 1.807) is 0 Å². The van der Waals surface area contributed by atoms with Gasteiger partial charge in [0.15, 0.2) is 0 Å². The quantitative estimate of drug-likeness (QED) is 0.819. The number of hydrogen-bond acceptors (Lipinski definition) is 1. The normalized spacial score (nSPS) is 9.14. The molecule has 1 aromatic rings. The van der Waals surface area contributed by atoms with Crippen molar-refractivity contribution in [2.45, 2.75) is 20.3 Å². The van der Waals surface area contributed by atoms with Gasteiger partial charge >= 0.3 is 5.97 Å². The first-order valence-corrected chi connectivity index (χ1v) is 4.82. The number of carbonyl (C=O) groups is 1. The Bertz CT molecular complexity index is 257. The van der Waals surface area contributed by atoms with E-state index in [9.17, 15) is 4.79 Å². The third-order valence-electron chi connectivity index (χ3n) is 1.32. The van der Waals surface area contributed by atoms with Crippen LogP contribution in [0, 0.1) is 5.92 Å². The van der Waals surface area contributed by atoms with Crippen molar-refractivity contribution in [3.63, 3.8) is 0 Å². The zero-order chi connectivity index (χ0) is 11.0. The number of carboxylic acid groups (broad SMARTS) is 1. The first-order valence-electron chi connectivity index (χ1n) is 4.44. The van der Waals surface area contributed by atoms with E-state index in [1.807, 2.05) is 44.2 Å². The molecule has 3 heteroatoms. The lowest BCUT2D eigenvalue weighted by atomic mass is 10.1. The van der Waals surface area contributed by atoms with Gasteiger partial charge in [0, 0.05) is 11.4 Å². The molecule has 0 radical (unpaired) electrons. The molecule has 1 N–H and O–H groups in total. The minimum atomic E-state index is -0.713. The second kappa shape index (κ2) is 7.39. The molecule has 0 fully saturated rings. The van der Waals surface area contributed by atoms with Crippen LogP contribution in [0.1, 0.15) is 20.3 Å². The number of rotatable bonds is 2. The van der Waals surface area contributed by atoms with E-state index in [4.69, 9.17) is 16.7 Å². The Hall–Kier alpha value is -1.02. The number of halogens is 1. The van der Waals surface area contributed by atoms with Crippen LogP contribution in [-0.4, -0.2) is 11.1 Å². The zero-order valence-corrected chi connectivity index (χ0v) is 9.16. The van der Waals surface area contributed by atoms with Crippen molar-refractivity contribution in [2.75, 3.05) is 0 Å². The molecule has 0 saturated heterocycles. The van der Waals surface area contributed by atoms with E-state index in [-0.39, 0.29) is 12.3 Å². The molecule has 0 saturated carbocycles. The monoisotopic (exact) mass is 214 g/mol. The predicted octanol–water partition coefficient (Wildman–Crippen LogP) is 3.46. The van der Waals surface area contributed by atoms with Crippen LogP contribution in [0.2, 0.25) is 5.02 Å². The molecule has 14 heavy (non-hydrogen) atoms. The zero-order valence-electron chi connectivity index (χ0n) is 8.40. The fourth-order valence-electron chi connectivity index (χ4n) is 0.764. The molecule has 2 nitrogen and oxygen atoms in total. The van der Waals surface area contributed by atoms with Crippen LogP contribution in [0.25, 0.3) is 0 Å². The summed E-state index contributed by atoms with van der Waals surface area (Å²) in [4.78, 5) is 9.81. The van der Waals surface area contributed by atoms with Gasteiger partial charge in [-0.1, -0.05) is 43.6 Å². The van der Waals surface area contributed by atoms with Crippen molar-refractivity contribution >= 4 is 17.6 Å². The Morgan fingerprint density at radius 2 is 1.86 bits per heavy atom. The molecule has 0 aromatic heterocycles. The minimum Gasteiger partial charge on any atom is -0.481 e. The summed E-state index contributed by atoms with van der Waals surface area (Å²) in [6, 6.07) is 9.44. The average Bonchev–Trinajstić information content (AvgIpc) is 2.03. The molecule has 0 spiro atoms. The van der Waals surface area contributed by atoms with Gasteiger partial charge in [-0.05, 0) is 18.1 Å². The van der Waals surface area contributed by atoms with E-state index < -0.39 is 5.97 Å². The third-order valence-corrected chi connectivity index (χ3v) is 1.57. The lowest BCUT2D eigenvalue weighted by molar-refractivity contribution is -0.137. The first kappa shape index (κ1) is 13.0. The summed E-state index contributed by atoms with van der Waals surface area (Å²) in [6.07, 6.45) is 0.278. The highest BCUT2D eigenvalue weighted by Gasteiger charge is 1.98. The number of aliphatic carboxylic acids is 1.